The molecular formula is C19H24N2O3. The molecule has 0 spiro atoms. The Bertz CT molecular complexity index is 684. The lowest BCUT2D eigenvalue weighted by Crippen LogP contribution is -2.22. The third kappa shape index (κ3) is 4.49. The number of hydrogen-bond acceptors (Lipinski definition) is 4. The summed E-state index contributed by atoms with van der Waals surface area (Å²) in [5.74, 6) is 1.06. The van der Waals surface area contributed by atoms with Gasteiger partial charge in [0, 0.05) is 18.7 Å². The molecule has 2 rings (SSSR count). The van der Waals surface area contributed by atoms with Crippen molar-refractivity contribution in [1.29, 1.82) is 0 Å². The fraction of sp³-hybridized carbons (Fsp3) is 0.316. The van der Waals surface area contributed by atoms with E-state index in [4.69, 9.17) is 15.2 Å². The van der Waals surface area contributed by atoms with Gasteiger partial charge in [0.25, 0.3) is 0 Å². The van der Waals surface area contributed by atoms with Crippen LogP contribution in [0.1, 0.15) is 28.4 Å². The molecule has 0 unspecified atom stereocenters. The molecule has 0 saturated carbocycles. The number of methoxy groups -OCH3 is 2. The molecule has 0 saturated heterocycles. The van der Waals surface area contributed by atoms with Crippen LogP contribution in [0, 0.1) is 0 Å². The molecule has 0 heterocycles. The summed E-state index contributed by atoms with van der Waals surface area (Å²) in [4.78, 5) is 13.4. The summed E-state index contributed by atoms with van der Waals surface area (Å²) >= 11 is 0. The maximum Gasteiger partial charge on any atom is 0.248 e. The zero-order valence-electron chi connectivity index (χ0n) is 14.4. The van der Waals surface area contributed by atoms with Crippen LogP contribution in [0.4, 0.5) is 0 Å². The summed E-state index contributed by atoms with van der Waals surface area (Å²) in [6.07, 6.45) is 0. The molecule has 2 aromatic rings. The van der Waals surface area contributed by atoms with Crippen LogP contribution in [0.25, 0.3) is 0 Å². The van der Waals surface area contributed by atoms with Crippen molar-refractivity contribution in [3.05, 3.63) is 59.2 Å². The van der Waals surface area contributed by atoms with Crippen LogP contribution >= 0.6 is 0 Å². The van der Waals surface area contributed by atoms with E-state index >= 15 is 0 Å². The molecule has 0 aromatic heterocycles. The average molecular weight is 328 g/mol. The van der Waals surface area contributed by atoms with Gasteiger partial charge in [-0.15, -0.1) is 0 Å². The largest absolute Gasteiger partial charge is 0.493 e. The number of ether oxygens (including phenoxy) is 2. The van der Waals surface area contributed by atoms with E-state index in [1.807, 2.05) is 30.3 Å². The van der Waals surface area contributed by atoms with E-state index in [-0.39, 0.29) is 0 Å². The second-order valence-electron chi connectivity index (χ2n) is 5.55. The first-order valence-electron chi connectivity index (χ1n) is 7.89. The molecule has 2 aromatic carbocycles. The van der Waals surface area contributed by atoms with E-state index in [0.717, 1.165) is 42.3 Å². The molecule has 2 N–H and O–H groups in total. The first-order valence-corrected chi connectivity index (χ1v) is 7.89. The minimum atomic E-state index is -0.403. The third-order valence-corrected chi connectivity index (χ3v) is 3.95. The summed E-state index contributed by atoms with van der Waals surface area (Å²) < 4.78 is 10.6. The zero-order chi connectivity index (χ0) is 17.5. The SMILES string of the molecule is CCN(Cc1ccc(C(N)=O)cc1)Cc1ccc(OC)c(OC)c1. The lowest BCUT2D eigenvalue weighted by Gasteiger charge is -2.21. The van der Waals surface area contributed by atoms with Crippen molar-refractivity contribution in [2.75, 3.05) is 20.8 Å². The minimum absolute atomic E-state index is 0.403. The topological polar surface area (TPSA) is 64.8 Å². The van der Waals surface area contributed by atoms with Gasteiger partial charge in [-0.2, -0.15) is 0 Å². The zero-order valence-corrected chi connectivity index (χ0v) is 14.4. The summed E-state index contributed by atoms with van der Waals surface area (Å²) in [5.41, 5.74) is 8.10. The van der Waals surface area contributed by atoms with Gasteiger partial charge in [-0.25, -0.2) is 0 Å². The average Bonchev–Trinajstić information content (AvgIpc) is 2.61. The molecule has 5 heteroatoms. The van der Waals surface area contributed by atoms with Crippen LogP contribution in [0.3, 0.4) is 0 Å². The molecular weight excluding hydrogens is 304 g/mol. The van der Waals surface area contributed by atoms with Crippen molar-refractivity contribution in [2.45, 2.75) is 20.0 Å². The highest BCUT2D eigenvalue weighted by molar-refractivity contribution is 5.92. The monoisotopic (exact) mass is 328 g/mol. The Morgan fingerprint density at radius 3 is 2.08 bits per heavy atom. The normalized spacial score (nSPS) is 10.7. The number of nitrogens with two attached hydrogens (primary N) is 1. The number of carbonyl (C=O) groups excluding carboxylic acids is 1. The van der Waals surface area contributed by atoms with Crippen molar-refractivity contribution in [3.63, 3.8) is 0 Å². The first kappa shape index (κ1) is 17.8. The number of rotatable bonds is 8. The second-order valence-corrected chi connectivity index (χ2v) is 5.55. The molecule has 1 amide bonds. The van der Waals surface area contributed by atoms with E-state index in [1.54, 1.807) is 26.4 Å². The fourth-order valence-corrected chi connectivity index (χ4v) is 2.55. The van der Waals surface area contributed by atoms with Crippen LogP contribution in [-0.2, 0) is 13.1 Å². The lowest BCUT2D eigenvalue weighted by molar-refractivity contribution is 0.100. The number of amides is 1. The van der Waals surface area contributed by atoms with Gasteiger partial charge in [0.05, 0.1) is 14.2 Å². The molecule has 5 nitrogen and oxygen atoms in total. The summed E-state index contributed by atoms with van der Waals surface area (Å²) in [5, 5.41) is 0. The predicted octanol–water partition coefficient (Wildman–Crippen LogP) is 2.82. The van der Waals surface area contributed by atoms with Crippen LogP contribution < -0.4 is 15.2 Å². The number of carbonyl (C=O) groups is 1. The Kier molecular flexibility index (Phi) is 6.21. The highest BCUT2D eigenvalue weighted by Crippen LogP contribution is 2.28. The highest BCUT2D eigenvalue weighted by atomic mass is 16.5. The minimum Gasteiger partial charge on any atom is -0.493 e. The van der Waals surface area contributed by atoms with Gasteiger partial charge in [-0.3, -0.25) is 9.69 Å². The molecule has 0 aliphatic rings. The summed E-state index contributed by atoms with van der Waals surface area (Å²) in [6, 6.07) is 13.4. The molecule has 0 aliphatic carbocycles. The number of hydrogen-bond donors (Lipinski definition) is 1. The standard InChI is InChI=1S/C19H24N2O3/c1-4-21(12-14-5-8-16(9-6-14)19(20)22)13-15-7-10-17(23-2)18(11-15)24-3/h5-11H,4,12-13H2,1-3H3,(H2,20,22). The molecule has 0 aliphatic heterocycles. The Labute approximate surface area is 143 Å². The molecule has 24 heavy (non-hydrogen) atoms. The molecule has 0 atom stereocenters. The van der Waals surface area contributed by atoms with Gasteiger partial charge in [0.1, 0.15) is 0 Å². The van der Waals surface area contributed by atoms with Crippen LogP contribution in [0.2, 0.25) is 0 Å². The van der Waals surface area contributed by atoms with Crippen LogP contribution in [-0.4, -0.2) is 31.6 Å². The maximum atomic E-state index is 11.1. The molecule has 0 radical (unpaired) electrons. The van der Waals surface area contributed by atoms with E-state index in [2.05, 4.69) is 11.8 Å². The Morgan fingerprint density at radius 2 is 1.54 bits per heavy atom. The van der Waals surface area contributed by atoms with E-state index < -0.39 is 5.91 Å². The van der Waals surface area contributed by atoms with Crippen molar-refractivity contribution in [1.82, 2.24) is 4.90 Å². The number of primary amides is 1. The highest BCUT2D eigenvalue weighted by Gasteiger charge is 2.09. The van der Waals surface area contributed by atoms with Crippen molar-refractivity contribution in [3.8, 4) is 11.5 Å². The predicted molar refractivity (Wildman–Crippen MR) is 94.3 cm³/mol. The van der Waals surface area contributed by atoms with Crippen LogP contribution in [0.5, 0.6) is 11.5 Å². The van der Waals surface area contributed by atoms with Crippen molar-refractivity contribution >= 4 is 5.91 Å². The van der Waals surface area contributed by atoms with Gasteiger partial charge in [0.15, 0.2) is 11.5 Å². The number of nitrogens with zero attached hydrogens (tertiary/aromatic N) is 1. The van der Waals surface area contributed by atoms with Crippen molar-refractivity contribution in [2.24, 2.45) is 5.73 Å². The van der Waals surface area contributed by atoms with E-state index in [0.29, 0.717) is 5.56 Å². The first-order chi connectivity index (χ1) is 11.6. The quantitative estimate of drug-likeness (QED) is 0.809. The Hall–Kier alpha value is -2.53. The Morgan fingerprint density at radius 1 is 0.958 bits per heavy atom. The smallest absolute Gasteiger partial charge is 0.248 e. The van der Waals surface area contributed by atoms with E-state index in [9.17, 15) is 4.79 Å². The number of benzene rings is 2. The van der Waals surface area contributed by atoms with Gasteiger partial charge in [-0.1, -0.05) is 25.1 Å². The summed E-state index contributed by atoms with van der Waals surface area (Å²) in [6.45, 7) is 4.63. The van der Waals surface area contributed by atoms with Gasteiger partial charge < -0.3 is 15.2 Å². The van der Waals surface area contributed by atoms with Crippen LogP contribution in [0.15, 0.2) is 42.5 Å². The maximum absolute atomic E-state index is 11.1. The van der Waals surface area contributed by atoms with Crippen molar-refractivity contribution < 1.29 is 14.3 Å². The third-order valence-electron chi connectivity index (χ3n) is 3.95. The van der Waals surface area contributed by atoms with E-state index in [1.165, 1.54) is 0 Å². The lowest BCUT2D eigenvalue weighted by atomic mass is 10.1. The van der Waals surface area contributed by atoms with Gasteiger partial charge >= 0.3 is 0 Å². The molecule has 128 valence electrons. The Balaban J connectivity index is 2.07. The molecule has 0 fully saturated rings. The second kappa shape index (κ2) is 8.36. The molecule has 0 bridgehead atoms. The van der Waals surface area contributed by atoms with Gasteiger partial charge in [-0.05, 0) is 41.9 Å². The fourth-order valence-electron chi connectivity index (χ4n) is 2.55. The summed E-state index contributed by atoms with van der Waals surface area (Å²) in [7, 11) is 3.27. The van der Waals surface area contributed by atoms with Gasteiger partial charge in [0.2, 0.25) is 5.91 Å².